The number of halogens is 2. The molecular weight excluding hydrogens is 401 g/mol. The summed E-state index contributed by atoms with van der Waals surface area (Å²) in [6.07, 6.45) is 0. The fourth-order valence-corrected chi connectivity index (χ4v) is 4.03. The third kappa shape index (κ3) is 4.98. The number of aromatic nitrogens is 2. The Kier molecular flexibility index (Phi) is 6.01. The maximum Gasteiger partial charge on any atom is 0.277 e. The molecule has 130 valence electrons. The highest BCUT2D eigenvalue weighted by Crippen LogP contribution is 2.26. The summed E-state index contributed by atoms with van der Waals surface area (Å²) in [5.41, 5.74) is 0.741. The Hall–Kier alpha value is -1.54. The number of carbonyl (C=O) groups excluding carboxylic acids is 1. The molecular formula is C16H13Cl2N3O2S2. The van der Waals surface area contributed by atoms with Crippen LogP contribution in [0.1, 0.15) is 4.88 Å². The van der Waals surface area contributed by atoms with Crippen LogP contribution in [-0.4, -0.2) is 33.8 Å². The van der Waals surface area contributed by atoms with Gasteiger partial charge in [0.25, 0.3) is 5.22 Å². The van der Waals surface area contributed by atoms with Crippen LogP contribution < -0.4 is 0 Å². The van der Waals surface area contributed by atoms with E-state index in [4.69, 9.17) is 27.6 Å². The molecule has 0 saturated heterocycles. The fourth-order valence-electron chi connectivity index (χ4n) is 2.00. The Morgan fingerprint density at radius 2 is 2.12 bits per heavy atom. The summed E-state index contributed by atoms with van der Waals surface area (Å²) in [6.45, 7) is 0.522. The van der Waals surface area contributed by atoms with Crippen molar-refractivity contribution in [1.29, 1.82) is 0 Å². The molecule has 0 aliphatic heterocycles. The fraction of sp³-hybridized carbons (Fsp3) is 0.188. The molecule has 0 aliphatic rings. The number of hydrogen-bond donors (Lipinski definition) is 0. The molecule has 0 spiro atoms. The second-order valence-corrected chi connectivity index (χ2v) is 8.29. The van der Waals surface area contributed by atoms with E-state index in [2.05, 4.69) is 10.2 Å². The molecule has 0 radical (unpaired) electrons. The van der Waals surface area contributed by atoms with Crippen LogP contribution in [0.5, 0.6) is 0 Å². The molecule has 0 bridgehead atoms. The number of rotatable bonds is 6. The number of thioether (sulfide) groups is 1. The van der Waals surface area contributed by atoms with Crippen molar-refractivity contribution in [1.82, 2.24) is 15.1 Å². The van der Waals surface area contributed by atoms with Gasteiger partial charge >= 0.3 is 0 Å². The summed E-state index contributed by atoms with van der Waals surface area (Å²) >= 11 is 14.5. The summed E-state index contributed by atoms with van der Waals surface area (Å²) in [5, 5.41) is 8.88. The van der Waals surface area contributed by atoms with E-state index in [0.29, 0.717) is 27.0 Å². The van der Waals surface area contributed by atoms with E-state index >= 15 is 0 Å². The number of thiophene rings is 1. The number of amides is 1. The molecule has 5 nitrogen and oxygen atoms in total. The van der Waals surface area contributed by atoms with E-state index in [0.717, 1.165) is 10.4 Å². The second kappa shape index (κ2) is 8.23. The molecule has 0 fully saturated rings. The highest BCUT2D eigenvalue weighted by molar-refractivity contribution is 7.99. The van der Waals surface area contributed by atoms with Gasteiger partial charge in [-0.05, 0) is 30.3 Å². The molecule has 2 heterocycles. The summed E-state index contributed by atoms with van der Waals surface area (Å²) in [6, 6.07) is 10.9. The number of hydrogen-bond acceptors (Lipinski definition) is 6. The first-order valence-electron chi connectivity index (χ1n) is 7.21. The summed E-state index contributed by atoms with van der Waals surface area (Å²) in [4.78, 5) is 14.9. The molecule has 2 aromatic heterocycles. The minimum Gasteiger partial charge on any atom is -0.411 e. The number of carbonyl (C=O) groups is 1. The predicted octanol–water partition coefficient (Wildman–Crippen LogP) is 4.86. The maximum absolute atomic E-state index is 12.2. The average Bonchev–Trinajstić information content (AvgIpc) is 3.21. The highest BCUT2D eigenvalue weighted by atomic mass is 35.5. The minimum atomic E-state index is -0.0305. The van der Waals surface area contributed by atoms with Gasteiger partial charge in [-0.25, -0.2) is 0 Å². The van der Waals surface area contributed by atoms with E-state index in [9.17, 15) is 4.79 Å². The monoisotopic (exact) mass is 413 g/mol. The lowest BCUT2D eigenvalue weighted by Crippen LogP contribution is -2.27. The van der Waals surface area contributed by atoms with Gasteiger partial charge in [0.1, 0.15) is 0 Å². The summed E-state index contributed by atoms with van der Waals surface area (Å²) in [7, 11) is 1.75. The highest BCUT2D eigenvalue weighted by Gasteiger charge is 2.15. The van der Waals surface area contributed by atoms with Crippen LogP contribution in [-0.2, 0) is 11.3 Å². The van der Waals surface area contributed by atoms with Crippen molar-refractivity contribution in [3.63, 3.8) is 0 Å². The molecule has 1 amide bonds. The molecule has 3 rings (SSSR count). The van der Waals surface area contributed by atoms with Crippen LogP contribution in [0.15, 0.2) is 46.0 Å². The average molecular weight is 414 g/mol. The molecule has 0 atom stereocenters. The van der Waals surface area contributed by atoms with Gasteiger partial charge in [0, 0.05) is 22.5 Å². The van der Waals surface area contributed by atoms with Gasteiger partial charge in [0.05, 0.1) is 16.6 Å². The molecule has 1 aromatic carbocycles. The molecule has 25 heavy (non-hydrogen) atoms. The number of benzene rings is 1. The first-order chi connectivity index (χ1) is 12.0. The van der Waals surface area contributed by atoms with Crippen molar-refractivity contribution in [3.8, 4) is 11.5 Å². The van der Waals surface area contributed by atoms with E-state index in [1.54, 1.807) is 24.1 Å². The summed E-state index contributed by atoms with van der Waals surface area (Å²) < 4.78 is 6.29. The molecule has 0 saturated carbocycles. The van der Waals surface area contributed by atoms with Crippen LogP contribution in [0, 0.1) is 0 Å². The van der Waals surface area contributed by atoms with Gasteiger partial charge in [-0.1, -0.05) is 41.0 Å². The molecule has 0 unspecified atom stereocenters. The van der Waals surface area contributed by atoms with Gasteiger partial charge in [-0.15, -0.1) is 21.5 Å². The smallest absolute Gasteiger partial charge is 0.277 e. The van der Waals surface area contributed by atoms with Gasteiger partial charge in [-0.3, -0.25) is 4.79 Å². The standard InChI is InChI=1S/C16H13Cl2N3O2S2/c1-21(8-12-5-6-13(18)25-12)14(22)9-24-16-20-19-15(23-16)10-3-2-4-11(17)7-10/h2-7H,8-9H2,1H3. The quantitative estimate of drug-likeness (QED) is 0.540. The molecule has 3 aromatic rings. The van der Waals surface area contributed by atoms with Crippen molar-refractivity contribution >= 4 is 52.2 Å². The number of nitrogens with zero attached hydrogens (tertiary/aromatic N) is 3. The third-order valence-electron chi connectivity index (χ3n) is 3.24. The van der Waals surface area contributed by atoms with Crippen molar-refractivity contribution in [2.45, 2.75) is 11.8 Å². The zero-order valence-corrected chi connectivity index (χ0v) is 16.3. The van der Waals surface area contributed by atoms with Crippen molar-refractivity contribution in [3.05, 3.63) is 50.6 Å². The van der Waals surface area contributed by atoms with Gasteiger partial charge in [-0.2, -0.15) is 0 Å². The lowest BCUT2D eigenvalue weighted by molar-refractivity contribution is -0.127. The minimum absolute atomic E-state index is 0.0305. The molecule has 9 heteroatoms. The van der Waals surface area contributed by atoms with Crippen molar-refractivity contribution in [2.24, 2.45) is 0 Å². The Bertz CT molecular complexity index is 882. The van der Waals surface area contributed by atoms with Gasteiger partial charge in [0.15, 0.2) is 0 Å². The van der Waals surface area contributed by atoms with Gasteiger partial charge in [0.2, 0.25) is 11.8 Å². The summed E-state index contributed by atoms with van der Waals surface area (Å²) in [5.74, 6) is 0.559. The van der Waals surface area contributed by atoms with E-state index in [1.807, 2.05) is 24.3 Å². The lowest BCUT2D eigenvalue weighted by atomic mass is 10.2. The van der Waals surface area contributed by atoms with Crippen LogP contribution in [0.25, 0.3) is 11.5 Å². The molecule has 0 N–H and O–H groups in total. The van der Waals surface area contributed by atoms with Crippen LogP contribution in [0.2, 0.25) is 9.36 Å². The zero-order chi connectivity index (χ0) is 17.8. The SMILES string of the molecule is CN(Cc1ccc(Cl)s1)C(=O)CSc1nnc(-c2cccc(Cl)c2)o1. The van der Waals surface area contributed by atoms with E-state index in [1.165, 1.54) is 23.1 Å². The normalized spacial score (nSPS) is 10.8. The topological polar surface area (TPSA) is 59.2 Å². The Balaban J connectivity index is 1.55. The van der Waals surface area contributed by atoms with Crippen molar-refractivity contribution in [2.75, 3.05) is 12.8 Å². The predicted molar refractivity (Wildman–Crippen MR) is 101 cm³/mol. The van der Waals surface area contributed by atoms with E-state index < -0.39 is 0 Å². The Morgan fingerprint density at radius 3 is 2.84 bits per heavy atom. The van der Waals surface area contributed by atoms with Crippen molar-refractivity contribution < 1.29 is 9.21 Å². The maximum atomic E-state index is 12.2. The lowest BCUT2D eigenvalue weighted by Gasteiger charge is -2.15. The second-order valence-electron chi connectivity index (χ2n) is 5.13. The van der Waals surface area contributed by atoms with E-state index in [-0.39, 0.29) is 11.7 Å². The Labute approximate surface area is 162 Å². The zero-order valence-electron chi connectivity index (χ0n) is 13.1. The van der Waals surface area contributed by atoms with Crippen LogP contribution in [0.4, 0.5) is 0 Å². The molecule has 0 aliphatic carbocycles. The first kappa shape index (κ1) is 18.3. The largest absolute Gasteiger partial charge is 0.411 e. The third-order valence-corrected chi connectivity index (χ3v) is 5.50. The van der Waals surface area contributed by atoms with Gasteiger partial charge < -0.3 is 9.32 Å². The first-order valence-corrected chi connectivity index (χ1v) is 9.77. The Morgan fingerprint density at radius 1 is 1.28 bits per heavy atom. The van der Waals surface area contributed by atoms with Crippen LogP contribution >= 0.6 is 46.3 Å². The van der Waals surface area contributed by atoms with Crippen LogP contribution in [0.3, 0.4) is 0 Å².